The molecule has 3 N–H and O–H groups in total. The summed E-state index contributed by atoms with van der Waals surface area (Å²) in [7, 11) is 0. The van der Waals surface area contributed by atoms with Crippen molar-refractivity contribution in [3.8, 4) is 0 Å². The molecule has 7 nitrogen and oxygen atoms in total. The maximum atomic E-state index is 12.2. The van der Waals surface area contributed by atoms with E-state index in [1.165, 1.54) is 21.7 Å². The van der Waals surface area contributed by atoms with Gasteiger partial charge in [0.05, 0.1) is 6.54 Å². The Hall–Kier alpha value is -2.31. The third-order valence-electron chi connectivity index (χ3n) is 2.64. The van der Waals surface area contributed by atoms with Crippen molar-refractivity contribution in [2.45, 2.75) is 20.4 Å². The summed E-state index contributed by atoms with van der Waals surface area (Å²) in [4.78, 5) is 35.5. The molecule has 0 aromatic carbocycles. The number of hydrogen-bond donors (Lipinski definition) is 2. The molecule has 7 heteroatoms. The lowest BCUT2D eigenvalue weighted by Gasteiger charge is -2.23. The second kappa shape index (κ2) is 6.74. The molecule has 0 aliphatic carbocycles. The Bertz CT molecular complexity index is 507. The fourth-order valence-electron chi connectivity index (χ4n) is 1.88. The highest BCUT2D eigenvalue weighted by Crippen LogP contribution is 2.05. The van der Waals surface area contributed by atoms with Crippen LogP contribution in [0.2, 0.25) is 0 Å². The monoisotopic (exact) mass is 281 g/mol. The van der Waals surface area contributed by atoms with Crippen molar-refractivity contribution in [2.75, 3.05) is 13.1 Å². The summed E-state index contributed by atoms with van der Waals surface area (Å²) in [5.41, 5.74) is 5.15. The highest BCUT2D eigenvalue weighted by Gasteiger charge is 2.19. The molecule has 0 atom stereocenters. The van der Waals surface area contributed by atoms with Gasteiger partial charge in [-0.2, -0.15) is 0 Å². The highest BCUT2D eigenvalue weighted by molar-refractivity contribution is 5.87. The zero-order chi connectivity index (χ0) is 15.3. The first kappa shape index (κ1) is 15.7. The van der Waals surface area contributed by atoms with Crippen LogP contribution in [0.5, 0.6) is 0 Å². The average molecular weight is 281 g/mol. The van der Waals surface area contributed by atoms with Crippen LogP contribution in [0.25, 0.3) is 0 Å². The van der Waals surface area contributed by atoms with Crippen LogP contribution in [0.15, 0.2) is 18.3 Å². The van der Waals surface area contributed by atoms with Crippen molar-refractivity contribution in [1.29, 1.82) is 0 Å². The SMILES string of the molecule is CC(C)CN(CC(N)=O)C(=O)Cn1cccc1C(=O)O. The van der Waals surface area contributed by atoms with E-state index in [0.29, 0.717) is 6.54 Å². The minimum atomic E-state index is -1.10. The van der Waals surface area contributed by atoms with Crippen LogP contribution in [0.4, 0.5) is 0 Å². The second-order valence-electron chi connectivity index (χ2n) is 4.96. The number of nitrogens with zero attached hydrogens (tertiary/aromatic N) is 2. The maximum absolute atomic E-state index is 12.2. The first-order valence-corrected chi connectivity index (χ1v) is 6.25. The number of carboxylic acid groups (broad SMARTS) is 1. The van der Waals surface area contributed by atoms with E-state index in [9.17, 15) is 14.4 Å². The first-order valence-electron chi connectivity index (χ1n) is 6.25. The van der Waals surface area contributed by atoms with Crippen molar-refractivity contribution in [3.63, 3.8) is 0 Å². The molecule has 0 aliphatic rings. The molecule has 0 unspecified atom stereocenters. The van der Waals surface area contributed by atoms with Crippen molar-refractivity contribution in [2.24, 2.45) is 11.7 Å². The fourth-order valence-corrected chi connectivity index (χ4v) is 1.88. The summed E-state index contributed by atoms with van der Waals surface area (Å²) in [6.07, 6.45) is 1.51. The number of nitrogens with two attached hydrogens (primary N) is 1. The van der Waals surface area contributed by atoms with Gasteiger partial charge < -0.3 is 20.3 Å². The molecule has 1 heterocycles. The van der Waals surface area contributed by atoms with Gasteiger partial charge in [-0.15, -0.1) is 0 Å². The number of hydrogen-bond acceptors (Lipinski definition) is 3. The fraction of sp³-hybridized carbons (Fsp3) is 0.462. The average Bonchev–Trinajstić information content (AvgIpc) is 2.74. The van der Waals surface area contributed by atoms with Gasteiger partial charge in [0.25, 0.3) is 0 Å². The topological polar surface area (TPSA) is 106 Å². The normalized spacial score (nSPS) is 10.6. The van der Waals surface area contributed by atoms with Gasteiger partial charge in [-0.05, 0) is 18.1 Å². The maximum Gasteiger partial charge on any atom is 0.352 e. The van der Waals surface area contributed by atoms with Gasteiger partial charge >= 0.3 is 5.97 Å². The summed E-state index contributed by atoms with van der Waals surface area (Å²) >= 11 is 0. The quantitative estimate of drug-likeness (QED) is 0.742. The van der Waals surface area contributed by atoms with E-state index in [1.54, 1.807) is 6.07 Å². The third-order valence-corrected chi connectivity index (χ3v) is 2.64. The first-order chi connectivity index (χ1) is 9.31. The molecule has 0 aliphatic heterocycles. The van der Waals surface area contributed by atoms with E-state index >= 15 is 0 Å². The van der Waals surface area contributed by atoms with Gasteiger partial charge in [-0.3, -0.25) is 9.59 Å². The van der Waals surface area contributed by atoms with Gasteiger partial charge in [0.15, 0.2) is 0 Å². The minimum absolute atomic E-state index is 0.0296. The van der Waals surface area contributed by atoms with Crippen LogP contribution < -0.4 is 5.73 Å². The van der Waals surface area contributed by atoms with Crippen LogP contribution >= 0.6 is 0 Å². The molecule has 0 bridgehead atoms. The largest absolute Gasteiger partial charge is 0.477 e. The molecule has 0 saturated carbocycles. The summed E-state index contributed by atoms with van der Waals surface area (Å²) in [5, 5.41) is 8.98. The van der Waals surface area contributed by atoms with E-state index in [0.717, 1.165) is 0 Å². The van der Waals surface area contributed by atoms with E-state index in [1.807, 2.05) is 13.8 Å². The molecule has 0 radical (unpaired) electrons. The summed E-state index contributed by atoms with van der Waals surface area (Å²) in [5.74, 6) is -1.85. The molecule has 0 saturated heterocycles. The highest BCUT2D eigenvalue weighted by atomic mass is 16.4. The molecular weight excluding hydrogens is 262 g/mol. The molecule has 1 aromatic heterocycles. The Balaban J connectivity index is 2.81. The lowest BCUT2D eigenvalue weighted by Crippen LogP contribution is -2.42. The van der Waals surface area contributed by atoms with Gasteiger partial charge in [0.2, 0.25) is 11.8 Å². The van der Waals surface area contributed by atoms with Gasteiger partial charge in [0.1, 0.15) is 12.2 Å². The van der Waals surface area contributed by atoms with Gasteiger partial charge in [0, 0.05) is 12.7 Å². The molecule has 20 heavy (non-hydrogen) atoms. The Kier molecular flexibility index (Phi) is 5.31. The molecule has 1 rings (SSSR count). The van der Waals surface area contributed by atoms with E-state index in [-0.39, 0.29) is 30.6 Å². The number of amides is 2. The van der Waals surface area contributed by atoms with Crippen LogP contribution in [-0.2, 0) is 16.1 Å². The lowest BCUT2D eigenvalue weighted by molar-refractivity contribution is -0.136. The molecular formula is C13H19N3O4. The zero-order valence-electron chi connectivity index (χ0n) is 11.6. The van der Waals surface area contributed by atoms with E-state index in [2.05, 4.69) is 0 Å². The number of aromatic nitrogens is 1. The lowest BCUT2D eigenvalue weighted by atomic mass is 10.2. The predicted molar refractivity (Wildman–Crippen MR) is 72.0 cm³/mol. The molecule has 2 amide bonds. The number of carboxylic acids is 1. The zero-order valence-corrected chi connectivity index (χ0v) is 11.6. The second-order valence-corrected chi connectivity index (χ2v) is 4.96. The number of aromatic carboxylic acids is 1. The number of rotatable bonds is 7. The number of carbonyl (C=O) groups is 3. The standard InChI is InChI=1S/C13H19N3O4/c1-9(2)6-16(7-11(14)17)12(18)8-15-5-3-4-10(15)13(19)20/h3-5,9H,6-8H2,1-2H3,(H2,14,17)(H,19,20). The number of carbonyl (C=O) groups excluding carboxylic acids is 2. The minimum Gasteiger partial charge on any atom is -0.477 e. The van der Waals surface area contributed by atoms with Crippen LogP contribution in [-0.4, -0.2) is 45.4 Å². The third kappa shape index (κ3) is 4.42. The van der Waals surface area contributed by atoms with Crippen molar-refractivity contribution < 1.29 is 19.5 Å². The summed E-state index contributed by atoms with van der Waals surface area (Å²) in [6.45, 7) is 3.93. The van der Waals surface area contributed by atoms with E-state index in [4.69, 9.17) is 10.8 Å². The summed E-state index contributed by atoms with van der Waals surface area (Å²) < 4.78 is 1.33. The predicted octanol–water partition coefficient (Wildman–Crippen LogP) is 0.156. The van der Waals surface area contributed by atoms with Crippen LogP contribution in [0, 0.1) is 5.92 Å². The molecule has 110 valence electrons. The molecule has 0 fully saturated rings. The van der Waals surface area contributed by atoms with Gasteiger partial charge in [-0.1, -0.05) is 13.8 Å². The Labute approximate surface area is 117 Å². The molecule has 0 spiro atoms. The Morgan fingerprint density at radius 3 is 2.55 bits per heavy atom. The van der Waals surface area contributed by atoms with Crippen molar-refractivity contribution in [1.82, 2.24) is 9.47 Å². The summed E-state index contributed by atoms with van der Waals surface area (Å²) in [6, 6.07) is 2.97. The van der Waals surface area contributed by atoms with Crippen molar-refractivity contribution >= 4 is 17.8 Å². The Morgan fingerprint density at radius 1 is 1.40 bits per heavy atom. The van der Waals surface area contributed by atoms with E-state index < -0.39 is 11.9 Å². The smallest absolute Gasteiger partial charge is 0.352 e. The number of primary amides is 1. The van der Waals surface area contributed by atoms with Crippen molar-refractivity contribution in [3.05, 3.63) is 24.0 Å². The van der Waals surface area contributed by atoms with Gasteiger partial charge in [-0.25, -0.2) is 4.79 Å². The Morgan fingerprint density at radius 2 is 2.05 bits per heavy atom. The van der Waals surface area contributed by atoms with Crippen LogP contribution in [0.1, 0.15) is 24.3 Å². The van der Waals surface area contributed by atoms with Crippen LogP contribution in [0.3, 0.4) is 0 Å². The molecule has 1 aromatic rings.